The number of benzene rings is 2. The highest BCUT2D eigenvalue weighted by Crippen LogP contribution is 2.29. The third-order valence-corrected chi connectivity index (χ3v) is 5.20. The van der Waals surface area contributed by atoms with Gasteiger partial charge in [-0.2, -0.15) is 0 Å². The maximum Gasteiger partial charge on any atom is 0.273 e. The van der Waals surface area contributed by atoms with E-state index in [1.54, 1.807) is 26.2 Å². The summed E-state index contributed by atoms with van der Waals surface area (Å²) in [5.74, 6) is 0.925. The van der Waals surface area contributed by atoms with Gasteiger partial charge in [0.2, 0.25) is 0 Å². The van der Waals surface area contributed by atoms with Crippen molar-refractivity contribution in [3.8, 4) is 5.75 Å². The molecule has 1 heterocycles. The zero-order valence-electron chi connectivity index (χ0n) is 15.7. The molecular weight excluding hydrogens is 344 g/mol. The van der Waals surface area contributed by atoms with Gasteiger partial charge < -0.3 is 9.64 Å². The summed E-state index contributed by atoms with van der Waals surface area (Å²) in [6.07, 6.45) is 3.00. The van der Waals surface area contributed by atoms with Gasteiger partial charge in [0.1, 0.15) is 5.75 Å². The summed E-state index contributed by atoms with van der Waals surface area (Å²) in [5, 5.41) is 11.2. The minimum absolute atomic E-state index is 0.0117. The van der Waals surface area contributed by atoms with Crippen LogP contribution >= 0.6 is 0 Å². The molecule has 0 spiro atoms. The number of nitro benzene ring substituents is 1. The molecule has 6 heteroatoms. The number of carbonyl (C=O) groups is 1. The average Bonchev–Trinajstić information content (AvgIpc) is 2.94. The van der Waals surface area contributed by atoms with E-state index in [4.69, 9.17) is 4.74 Å². The molecule has 0 aromatic heterocycles. The van der Waals surface area contributed by atoms with Crippen molar-refractivity contribution in [3.05, 3.63) is 69.3 Å². The van der Waals surface area contributed by atoms with Crippen LogP contribution in [0.3, 0.4) is 0 Å². The number of hydrogen-bond donors (Lipinski definition) is 0. The Labute approximate surface area is 158 Å². The maximum absolute atomic E-state index is 13.0. The maximum atomic E-state index is 13.0. The van der Waals surface area contributed by atoms with E-state index in [-0.39, 0.29) is 17.5 Å². The number of rotatable bonds is 4. The lowest BCUT2D eigenvalue weighted by molar-refractivity contribution is -0.385. The van der Waals surface area contributed by atoms with Crippen LogP contribution in [-0.2, 0) is 0 Å². The van der Waals surface area contributed by atoms with Crippen molar-refractivity contribution in [2.45, 2.75) is 32.1 Å². The second kappa shape index (κ2) is 8.20. The highest BCUT2D eigenvalue weighted by atomic mass is 16.6. The molecular formula is C21H24N2O4. The molecule has 0 radical (unpaired) electrons. The first-order valence-corrected chi connectivity index (χ1v) is 9.18. The molecule has 1 unspecified atom stereocenters. The van der Waals surface area contributed by atoms with Crippen molar-refractivity contribution in [2.75, 3.05) is 20.2 Å². The minimum Gasteiger partial charge on any atom is -0.497 e. The molecule has 0 bridgehead atoms. The predicted octanol–water partition coefficient (Wildman–Crippen LogP) is 4.32. The van der Waals surface area contributed by atoms with Crippen molar-refractivity contribution in [1.82, 2.24) is 4.90 Å². The monoisotopic (exact) mass is 368 g/mol. The SMILES string of the molecule is COc1ccc(C2CCCCN(C(=O)c3ccc(C)c([N+](=O)[O-])c3)C2)cc1. The number of nitro groups is 1. The fraction of sp³-hybridized carbons (Fsp3) is 0.381. The molecule has 0 aliphatic carbocycles. The predicted molar refractivity (Wildman–Crippen MR) is 103 cm³/mol. The van der Waals surface area contributed by atoms with Crippen LogP contribution in [0.5, 0.6) is 5.75 Å². The summed E-state index contributed by atoms with van der Waals surface area (Å²) in [6, 6.07) is 12.7. The Balaban J connectivity index is 1.81. The normalized spacial score (nSPS) is 17.3. The van der Waals surface area contributed by atoms with Gasteiger partial charge in [-0.1, -0.05) is 24.6 Å². The first-order valence-electron chi connectivity index (χ1n) is 9.18. The number of ether oxygens (including phenoxy) is 1. The van der Waals surface area contributed by atoms with E-state index in [9.17, 15) is 14.9 Å². The van der Waals surface area contributed by atoms with Gasteiger partial charge in [-0.25, -0.2) is 0 Å². The van der Waals surface area contributed by atoms with E-state index < -0.39 is 4.92 Å². The molecule has 1 aliphatic rings. The Hall–Kier alpha value is -2.89. The summed E-state index contributed by atoms with van der Waals surface area (Å²) in [6.45, 7) is 2.97. The zero-order valence-corrected chi connectivity index (χ0v) is 15.7. The molecule has 2 aromatic carbocycles. The molecule has 142 valence electrons. The summed E-state index contributed by atoms with van der Waals surface area (Å²) in [7, 11) is 1.64. The van der Waals surface area contributed by atoms with Crippen LogP contribution in [0.1, 0.15) is 46.7 Å². The lowest BCUT2D eigenvalue weighted by Gasteiger charge is -2.25. The van der Waals surface area contributed by atoms with Gasteiger partial charge in [0.25, 0.3) is 11.6 Å². The van der Waals surface area contributed by atoms with Crippen LogP contribution in [0.4, 0.5) is 5.69 Å². The first-order chi connectivity index (χ1) is 13.0. The van der Waals surface area contributed by atoms with Gasteiger partial charge in [0, 0.05) is 36.2 Å². The smallest absolute Gasteiger partial charge is 0.273 e. The molecule has 1 atom stereocenters. The molecule has 2 aromatic rings. The van der Waals surface area contributed by atoms with Gasteiger partial charge in [0.05, 0.1) is 12.0 Å². The van der Waals surface area contributed by atoms with E-state index in [0.717, 1.165) is 25.0 Å². The lowest BCUT2D eigenvalue weighted by atomic mass is 9.94. The summed E-state index contributed by atoms with van der Waals surface area (Å²) >= 11 is 0. The van der Waals surface area contributed by atoms with E-state index >= 15 is 0 Å². The van der Waals surface area contributed by atoms with Crippen LogP contribution in [0, 0.1) is 17.0 Å². The molecule has 1 amide bonds. The molecule has 0 N–H and O–H groups in total. The van der Waals surface area contributed by atoms with E-state index in [1.807, 2.05) is 29.2 Å². The molecule has 1 saturated heterocycles. The van der Waals surface area contributed by atoms with Crippen LogP contribution < -0.4 is 4.74 Å². The number of methoxy groups -OCH3 is 1. The molecule has 3 rings (SSSR count). The van der Waals surface area contributed by atoms with Crippen molar-refractivity contribution >= 4 is 11.6 Å². The van der Waals surface area contributed by atoms with E-state index in [0.29, 0.717) is 24.2 Å². The molecule has 1 aliphatic heterocycles. The van der Waals surface area contributed by atoms with Gasteiger partial charge in [-0.15, -0.1) is 0 Å². The fourth-order valence-electron chi connectivity index (χ4n) is 3.60. The third-order valence-electron chi connectivity index (χ3n) is 5.20. The van der Waals surface area contributed by atoms with Crippen molar-refractivity contribution in [1.29, 1.82) is 0 Å². The van der Waals surface area contributed by atoms with E-state index in [1.165, 1.54) is 11.6 Å². The second-order valence-corrected chi connectivity index (χ2v) is 6.98. The number of hydrogen-bond acceptors (Lipinski definition) is 4. The minimum atomic E-state index is -0.436. The van der Waals surface area contributed by atoms with Gasteiger partial charge in [-0.3, -0.25) is 14.9 Å². The van der Waals surface area contributed by atoms with Crippen LogP contribution in [0.2, 0.25) is 0 Å². The molecule has 0 saturated carbocycles. The Bertz CT molecular complexity index is 833. The quantitative estimate of drug-likeness (QED) is 0.595. The third kappa shape index (κ3) is 4.27. The van der Waals surface area contributed by atoms with Gasteiger partial charge in [-0.05, 0) is 43.5 Å². The van der Waals surface area contributed by atoms with Crippen molar-refractivity contribution in [3.63, 3.8) is 0 Å². The number of nitrogens with zero attached hydrogens (tertiary/aromatic N) is 2. The van der Waals surface area contributed by atoms with Crippen LogP contribution in [0.25, 0.3) is 0 Å². The zero-order chi connectivity index (χ0) is 19.4. The number of aryl methyl sites for hydroxylation is 1. The lowest BCUT2D eigenvalue weighted by Crippen LogP contribution is -2.34. The van der Waals surface area contributed by atoms with Crippen LogP contribution in [0.15, 0.2) is 42.5 Å². The number of amides is 1. The highest BCUT2D eigenvalue weighted by Gasteiger charge is 2.25. The highest BCUT2D eigenvalue weighted by molar-refractivity contribution is 5.95. The topological polar surface area (TPSA) is 72.7 Å². The molecule has 27 heavy (non-hydrogen) atoms. The standard InChI is InChI=1S/C21H24N2O4/c1-15-6-7-17(13-20(15)23(25)26)21(24)22-12-4-3-5-18(14-22)16-8-10-19(27-2)11-9-16/h6-11,13,18H,3-5,12,14H2,1-2H3. The molecule has 1 fully saturated rings. The van der Waals surface area contributed by atoms with E-state index in [2.05, 4.69) is 0 Å². The van der Waals surface area contributed by atoms with Gasteiger partial charge in [0.15, 0.2) is 0 Å². The molecule has 6 nitrogen and oxygen atoms in total. The summed E-state index contributed by atoms with van der Waals surface area (Å²) in [4.78, 5) is 25.6. The number of likely N-dealkylation sites (tertiary alicyclic amines) is 1. The van der Waals surface area contributed by atoms with Crippen molar-refractivity contribution < 1.29 is 14.5 Å². The van der Waals surface area contributed by atoms with Crippen LogP contribution in [-0.4, -0.2) is 35.9 Å². The Morgan fingerprint density at radius 2 is 1.93 bits per heavy atom. The summed E-state index contributed by atoms with van der Waals surface area (Å²) < 4.78 is 5.22. The largest absolute Gasteiger partial charge is 0.497 e. The fourth-order valence-corrected chi connectivity index (χ4v) is 3.60. The first kappa shape index (κ1) is 18.9. The number of carbonyl (C=O) groups excluding carboxylic acids is 1. The Morgan fingerprint density at radius 1 is 1.19 bits per heavy atom. The summed E-state index contributed by atoms with van der Waals surface area (Å²) in [5.41, 5.74) is 2.11. The average molecular weight is 368 g/mol. The van der Waals surface area contributed by atoms with Crippen molar-refractivity contribution in [2.24, 2.45) is 0 Å². The van der Waals surface area contributed by atoms with Gasteiger partial charge >= 0.3 is 0 Å². The Kier molecular flexibility index (Phi) is 5.74. The second-order valence-electron chi connectivity index (χ2n) is 6.98. The Morgan fingerprint density at radius 3 is 2.59 bits per heavy atom.